The molecule has 3 heterocycles. The monoisotopic (exact) mass is 415 g/mol. The molecule has 29 heavy (non-hydrogen) atoms. The molecule has 0 bridgehead atoms. The number of anilines is 2. The highest BCUT2D eigenvalue weighted by atomic mass is 32.1. The fourth-order valence-electron chi connectivity index (χ4n) is 3.44. The zero-order valence-electron chi connectivity index (χ0n) is 16.3. The normalized spacial score (nSPS) is 16.8. The van der Waals surface area contributed by atoms with Gasteiger partial charge in [-0.3, -0.25) is 4.79 Å². The van der Waals surface area contributed by atoms with Gasteiger partial charge < -0.3 is 14.7 Å². The molecule has 9 heteroatoms. The van der Waals surface area contributed by atoms with Crippen molar-refractivity contribution < 1.29 is 13.7 Å². The molecule has 0 spiro atoms. The summed E-state index contributed by atoms with van der Waals surface area (Å²) in [5.74, 6) is 0.246. The lowest BCUT2D eigenvalue weighted by Gasteiger charge is -2.33. The van der Waals surface area contributed by atoms with Gasteiger partial charge in [0.2, 0.25) is 5.91 Å². The van der Waals surface area contributed by atoms with Gasteiger partial charge in [-0.25, -0.2) is 9.37 Å². The summed E-state index contributed by atoms with van der Waals surface area (Å²) in [4.78, 5) is 24.0. The van der Waals surface area contributed by atoms with Crippen LogP contribution in [0, 0.1) is 18.7 Å². The number of halogens is 1. The number of piperidine rings is 1. The second-order valence-electron chi connectivity index (χ2n) is 7.09. The van der Waals surface area contributed by atoms with Crippen LogP contribution in [0.25, 0.3) is 11.5 Å². The quantitative estimate of drug-likeness (QED) is 0.677. The Kier molecular flexibility index (Phi) is 5.57. The van der Waals surface area contributed by atoms with E-state index < -0.39 is 0 Å². The van der Waals surface area contributed by atoms with E-state index >= 15 is 0 Å². The van der Waals surface area contributed by atoms with Crippen LogP contribution in [-0.2, 0) is 11.2 Å². The molecule has 1 amide bonds. The number of rotatable bonds is 5. The van der Waals surface area contributed by atoms with Gasteiger partial charge in [0.15, 0.2) is 11.0 Å². The predicted molar refractivity (Wildman–Crippen MR) is 109 cm³/mol. The van der Waals surface area contributed by atoms with Gasteiger partial charge in [-0.1, -0.05) is 12.1 Å². The fraction of sp³-hybridized carbons (Fsp3) is 0.400. The Hall–Kier alpha value is -2.81. The fourth-order valence-corrected chi connectivity index (χ4v) is 4.11. The lowest BCUT2D eigenvalue weighted by atomic mass is 9.96. The molecular formula is C20H22FN5O2S. The minimum absolute atomic E-state index is 0.0703. The highest BCUT2D eigenvalue weighted by Crippen LogP contribution is 2.30. The summed E-state index contributed by atoms with van der Waals surface area (Å²) in [7, 11) is 0. The second kappa shape index (κ2) is 8.28. The third-order valence-corrected chi connectivity index (χ3v) is 5.79. The summed E-state index contributed by atoms with van der Waals surface area (Å²) < 4.78 is 20.0. The molecule has 0 radical (unpaired) electrons. The van der Waals surface area contributed by atoms with Gasteiger partial charge in [0, 0.05) is 36.1 Å². The third-order valence-electron chi connectivity index (χ3n) is 4.96. The number of thiazole rings is 1. The molecule has 0 saturated carbocycles. The Bertz CT molecular complexity index is 1020. The van der Waals surface area contributed by atoms with Crippen molar-refractivity contribution >= 4 is 28.1 Å². The van der Waals surface area contributed by atoms with E-state index in [4.69, 9.17) is 4.52 Å². The number of amides is 1. The molecule has 4 rings (SSSR count). The SMILES string of the molecule is CCc1noc(-c2ccc(N3CCCC(C(=O)Nc4ncc(C)s4)C3)c(F)c2)n1. The highest BCUT2D eigenvalue weighted by molar-refractivity contribution is 7.15. The van der Waals surface area contributed by atoms with E-state index in [1.807, 2.05) is 18.7 Å². The Morgan fingerprint density at radius 2 is 2.31 bits per heavy atom. The van der Waals surface area contributed by atoms with Crippen molar-refractivity contribution in [2.75, 3.05) is 23.3 Å². The van der Waals surface area contributed by atoms with Crippen molar-refractivity contribution in [1.82, 2.24) is 15.1 Å². The van der Waals surface area contributed by atoms with Crippen molar-refractivity contribution in [2.24, 2.45) is 5.92 Å². The summed E-state index contributed by atoms with van der Waals surface area (Å²) in [5.41, 5.74) is 1.02. The first-order valence-electron chi connectivity index (χ1n) is 9.64. The van der Waals surface area contributed by atoms with Crippen LogP contribution in [0.3, 0.4) is 0 Å². The van der Waals surface area contributed by atoms with Gasteiger partial charge in [0.05, 0.1) is 11.6 Å². The second-order valence-corrected chi connectivity index (χ2v) is 8.32. The van der Waals surface area contributed by atoms with Crippen LogP contribution < -0.4 is 10.2 Å². The summed E-state index contributed by atoms with van der Waals surface area (Å²) >= 11 is 1.45. The van der Waals surface area contributed by atoms with E-state index in [1.165, 1.54) is 17.4 Å². The van der Waals surface area contributed by atoms with Gasteiger partial charge >= 0.3 is 0 Å². The molecule has 1 aliphatic heterocycles. The molecule has 2 aromatic heterocycles. The molecule has 3 aromatic rings. The maximum atomic E-state index is 14.8. The predicted octanol–water partition coefficient (Wildman–Crippen LogP) is 4.06. The number of carbonyl (C=O) groups excluding carboxylic acids is 1. The van der Waals surface area contributed by atoms with Crippen LogP contribution in [-0.4, -0.2) is 34.1 Å². The largest absolute Gasteiger partial charge is 0.368 e. The van der Waals surface area contributed by atoms with Crippen molar-refractivity contribution in [3.8, 4) is 11.5 Å². The lowest BCUT2D eigenvalue weighted by molar-refractivity contribution is -0.120. The topological polar surface area (TPSA) is 84.2 Å². The zero-order valence-corrected chi connectivity index (χ0v) is 17.1. The minimum Gasteiger partial charge on any atom is -0.368 e. The lowest BCUT2D eigenvalue weighted by Crippen LogP contribution is -2.41. The average molecular weight is 415 g/mol. The number of benzene rings is 1. The summed E-state index contributed by atoms with van der Waals surface area (Å²) in [5, 5.41) is 7.33. The third kappa shape index (κ3) is 4.29. The van der Waals surface area contributed by atoms with E-state index in [9.17, 15) is 9.18 Å². The number of hydrogen-bond donors (Lipinski definition) is 1. The number of nitrogens with zero attached hydrogens (tertiary/aromatic N) is 4. The van der Waals surface area contributed by atoms with Crippen molar-refractivity contribution in [2.45, 2.75) is 33.1 Å². The van der Waals surface area contributed by atoms with Crippen molar-refractivity contribution in [3.63, 3.8) is 0 Å². The molecule has 0 aliphatic carbocycles. The first kappa shape index (κ1) is 19.5. The molecule has 1 saturated heterocycles. The average Bonchev–Trinajstić information content (AvgIpc) is 3.37. The summed E-state index contributed by atoms with van der Waals surface area (Å²) in [6, 6.07) is 4.89. The maximum absolute atomic E-state index is 14.8. The first-order chi connectivity index (χ1) is 14.0. The molecule has 1 N–H and O–H groups in total. The first-order valence-corrected chi connectivity index (χ1v) is 10.5. The van der Waals surface area contributed by atoms with Gasteiger partial charge in [-0.15, -0.1) is 11.3 Å². The minimum atomic E-state index is -0.365. The van der Waals surface area contributed by atoms with Gasteiger partial charge in [0.25, 0.3) is 5.89 Å². The molecule has 1 aromatic carbocycles. The van der Waals surface area contributed by atoms with Gasteiger partial charge in [-0.05, 0) is 38.0 Å². The Labute approximate surface area is 172 Å². The number of aromatic nitrogens is 3. The van der Waals surface area contributed by atoms with Gasteiger partial charge in [-0.2, -0.15) is 4.98 Å². The van der Waals surface area contributed by atoms with E-state index in [-0.39, 0.29) is 17.6 Å². The number of aryl methyl sites for hydroxylation is 2. The van der Waals surface area contributed by atoms with Crippen LogP contribution >= 0.6 is 11.3 Å². The number of hydrogen-bond acceptors (Lipinski definition) is 7. The summed E-state index contributed by atoms with van der Waals surface area (Å²) in [6.45, 7) is 5.04. The summed E-state index contributed by atoms with van der Waals surface area (Å²) in [6.07, 6.45) is 3.98. The molecule has 7 nitrogen and oxygen atoms in total. The van der Waals surface area contributed by atoms with Crippen LogP contribution in [0.2, 0.25) is 0 Å². The van der Waals surface area contributed by atoms with Crippen LogP contribution in [0.15, 0.2) is 28.9 Å². The Morgan fingerprint density at radius 3 is 3.00 bits per heavy atom. The van der Waals surface area contributed by atoms with E-state index in [1.54, 1.807) is 18.3 Å². The molecule has 1 unspecified atom stereocenters. The van der Waals surface area contributed by atoms with Crippen molar-refractivity contribution in [3.05, 3.63) is 40.9 Å². The number of nitrogens with one attached hydrogen (secondary N) is 1. The standard InChI is InChI=1S/C20H22FN5O2S/c1-3-17-23-19(28-25-17)13-6-7-16(15(21)9-13)26-8-4-5-14(11-26)18(27)24-20-22-10-12(2)29-20/h6-7,9-10,14H,3-5,8,11H2,1-2H3,(H,22,24,27). The molecule has 1 atom stereocenters. The molecule has 152 valence electrons. The maximum Gasteiger partial charge on any atom is 0.258 e. The van der Waals surface area contributed by atoms with Gasteiger partial charge in [0.1, 0.15) is 5.82 Å². The van der Waals surface area contributed by atoms with Crippen LogP contribution in [0.1, 0.15) is 30.5 Å². The Balaban J connectivity index is 1.46. The van der Waals surface area contributed by atoms with Crippen molar-refractivity contribution in [1.29, 1.82) is 0 Å². The molecule has 1 fully saturated rings. The van der Waals surface area contributed by atoms with E-state index in [0.29, 0.717) is 47.6 Å². The Morgan fingerprint density at radius 1 is 1.45 bits per heavy atom. The highest BCUT2D eigenvalue weighted by Gasteiger charge is 2.28. The van der Waals surface area contributed by atoms with Crippen LogP contribution in [0.4, 0.5) is 15.2 Å². The van der Waals surface area contributed by atoms with Crippen LogP contribution in [0.5, 0.6) is 0 Å². The smallest absolute Gasteiger partial charge is 0.258 e. The molecular weight excluding hydrogens is 393 g/mol. The zero-order chi connectivity index (χ0) is 20.4. The van der Waals surface area contributed by atoms with E-state index in [2.05, 4.69) is 20.4 Å². The number of carbonyl (C=O) groups is 1. The molecule has 1 aliphatic rings. The van der Waals surface area contributed by atoms with E-state index in [0.717, 1.165) is 17.7 Å².